The molecule has 0 fully saturated rings. The Kier molecular flexibility index (Phi) is 4.60. The number of aromatic nitrogens is 3. The third kappa shape index (κ3) is 4.06. The lowest BCUT2D eigenvalue weighted by Gasteiger charge is -2.10. The minimum absolute atomic E-state index is 0.309. The molecule has 0 aliphatic rings. The molecular weight excluding hydrogens is 371 g/mol. The molecule has 8 heteroatoms. The highest BCUT2D eigenvalue weighted by atomic mass is 19.4. The van der Waals surface area contributed by atoms with E-state index < -0.39 is 6.36 Å². The fourth-order valence-corrected chi connectivity index (χ4v) is 2.71. The topological polar surface area (TPSA) is 48.7 Å². The molecule has 0 atom stereocenters. The Labute approximate surface area is 158 Å². The van der Waals surface area contributed by atoms with Crippen molar-refractivity contribution in [2.45, 2.75) is 13.0 Å². The molecule has 0 N–H and O–H groups in total. The Morgan fingerprint density at radius 2 is 1.75 bits per heavy atom. The van der Waals surface area contributed by atoms with Crippen molar-refractivity contribution in [3.05, 3.63) is 78.5 Å². The second-order valence-electron chi connectivity index (χ2n) is 5.93. The molecule has 2 heterocycles. The van der Waals surface area contributed by atoms with E-state index in [1.54, 1.807) is 18.2 Å². The van der Waals surface area contributed by atoms with E-state index in [-0.39, 0.29) is 5.75 Å². The first-order chi connectivity index (χ1) is 13.5. The first-order valence-electron chi connectivity index (χ1n) is 8.36. The minimum atomic E-state index is -4.76. The van der Waals surface area contributed by atoms with Gasteiger partial charge in [0.2, 0.25) is 5.88 Å². The van der Waals surface area contributed by atoms with Crippen molar-refractivity contribution in [2.75, 3.05) is 0 Å². The van der Waals surface area contributed by atoms with Gasteiger partial charge in [-0.15, -0.1) is 18.3 Å². The number of ether oxygens (including phenoxy) is 2. The molecule has 5 nitrogen and oxygen atoms in total. The average molecular weight is 385 g/mol. The number of benzene rings is 2. The largest absolute Gasteiger partial charge is 0.573 e. The highest BCUT2D eigenvalue weighted by Crippen LogP contribution is 2.28. The zero-order valence-electron chi connectivity index (χ0n) is 14.4. The van der Waals surface area contributed by atoms with Gasteiger partial charge in [0, 0.05) is 11.6 Å². The highest BCUT2D eigenvalue weighted by Gasteiger charge is 2.31. The van der Waals surface area contributed by atoms with Gasteiger partial charge in [-0.2, -0.15) is 0 Å². The maximum atomic E-state index is 12.5. The molecule has 0 bridgehead atoms. The lowest BCUT2D eigenvalue weighted by atomic mass is 10.1. The highest BCUT2D eigenvalue weighted by molar-refractivity contribution is 5.64. The van der Waals surface area contributed by atoms with Gasteiger partial charge in [0.15, 0.2) is 5.65 Å². The summed E-state index contributed by atoms with van der Waals surface area (Å²) < 4.78 is 48.7. The van der Waals surface area contributed by atoms with Crippen molar-refractivity contribution in [3.63, 3.8) is 0 Å². The Morgan fingerprint density at radius 3 is 2.54 bits per heavy atom. The Hall–Kier alpha value is -3.55. The van der Waals surface area contributed by atoms with Crippen molar-refractivity contribution in [1.82, 2.24) is 14.6 Å². The normalized spacial score (nSPS) is 11.5. The Morgan fingerprint density at radius 1 is 0.929 bits per heavy atom. The fourth-order valence-electron chi connectivity index (χ4n) is 2.71. The lowest BCUT2D eigenvalue weighted by Crippen LogP contribution is -2.17. The molecule has 0 amide bonds. The molecule has 28 heavy (non-hydrogen) atoms. The van der Waals surface area contributed by atoms with Crippen LogP contribution in [0, 0.1) is 0 Å². The van der Waals surface area contributed by atoms with Gasteiger partial charge in [-0.05, 0) is 23.8 Å². The van der Waals surface area contributed by atoms with E-state index >= 15 is 0 Å². The van der Waals surface area contributed by atoms with E-state index in [2.05, 4.69) is 14.8 Å². The van der Waals surface area contributed by atoms with Gasteiger partial charge in [0.25, 0.3) is 0 Å². The Bertz CT molecular complexity index is 1090. The molecule has 0 aliphatic carbocycles. The first kappa shape index (κ1) is 17.8. The van der Waals surface area contributed by atoms with Crippen molar-refractivity contribution in [1.29, 1.82) is 0 Å². The van der Waals surface area contributed by atoms with E-state index in [0.717, 1.165) is 5.56 Å². The molecule has 0 unspecified atom stereocenters. The molecule has 4 aromatic rings. The molecule has 0 spiro atoms. The van der Waals surface area contributed by atoms with Gasteiger partial charge < -0.3 is 9.47 Å². The molecule has 142 valence electrons. The van der Waals surface area contributed by atoms with Crippen LogP contribution in [-0.2, 0) is 6.61 Å². The summed E-state index contributed by atoms with van der Waals surface area (Å²) >= 11 is 0. The van der Waals surface area contributed by atoms with Crippen LogP contribution < -0.4 is 9.47 Å². The van der Waals surface area contributed by atoms with Crippen LogP contribution in [-0.4, -0.2) is 21.0 Å². The van der Waals surface area contributed by atoms with Gasteiger partial charge in [0.1, 0.15) is 12.4 Å². The summed E-state index contributed by atoms with van der Waals surface area (Å²) in [5.74, 6) is 0.0646. The smallest absolute Gasteiger partial charge is 0.472 e. The van der Waals surface area contributed by atoms with E-state index in [4.69, 9.17) is 4.74 Å². The van der Waals surface area contributed by atoms with Crippen molar-refractivity contribution in [3.8, 4) is 22.9 Å². The number of halogens is 3. The lowest BCUT2D eigenvalue weighted by molar-refractivity contribution is -0.274. The third-order valence-corrected chi connectivity index (χ3v) is 3.93. The van der Waals surface area contributed by atoms with Crippen LogP contribution >= 0.6 is 0 Å². The molecular formula is C20H14F3N3O2. The average Bonchev–Trinajstić information content (AvgIpc) is 3.09. The molecule has 4 rings (SSSR count). The van der Waals surface area contributed by atoms with E-state index in [9.17, 15) is 13.2 Å². The number of fused-ring (bicyclic) bond motifs is 1. The van der Waals surface area contributed by atoms with Crippen LogP contribution in [0.15, 0.2) is 72.9 Å². The van der Waals surface area contributed by atoms with Gasteiger partial charge in [-0.3, -0.25) is 0 Å². The zero-order valence-corrected chi connectivity index (χ0v) is 14.4. The Balaban J connectivity index is 1.62. The zero-order chi connectivity index (χ0) is 19.6. The van der Waals surface area contributed by atoms with E-state index in [0.29, 0.717) is 29.4 Å². The predicted molar refractivity (Wildman–Crippen MR) is 95.9 cm³/mol. The van der Waals surface area contributed by atoms with Crippen molar-refractivity contribution < 1.29 is 22.6 Å². The van der Waals surface area contributed by atoms with Crippen LogP contribution in [0.5, 0.6) is 11.6 Å². The van der Waals surface area contributed by atoms with Crippen LogP contribution in [0.25, 0.3) is 16.9 Å². The fraction of sp³-hybridized carbons (Fsp3) is 0.100. The summed E-state index contributed by atoms with van der Waals surface area (Å²) in [6.45, 7) is 0.346. The van der Waals surface area contributed by atoms with Crippen molar-refractivity contribution in [2.24, 2.45) is 0 Å². The van der Waals surface area contributed by atoms with Gasteiger partial charge in [0.05, 0.1) is 11.9 Å². The SMILES string of the molecule is FC(F)(F)Oc1cccc(-c2cnc3ccc(OCc4ccccc4)nn23)c1. The molecule has 0 radical (unpaired) electrons. The first-order valence-corrected chi connectivity index (χ1v) is 8.36. The summed E-state index contributed by atoms with van der Waals surface area (Å²) in [7, 11) is 0. The van der Waals surface area contributed by atoms with Crippen LogP contribution in [0.2, 0.25) is 0 Å². The van der Waals surface area contributed by atoms with E-state index in [1.165, 1.54) is 28.9 Å². The summed E-state index contributed by atoms with van der Waals surface area (Å²) in [5.41, 5.74) is 2.55. The second kappa shape index (κ2) is 7.22. The third-order valence-electron chi connectivity index (χ3n) is 3.93. The molecule has 2 aromatic carbocycles. The molecule has 0 saturated heterocycles. The number of hydrogen-bond donors (Lipinski definition) is 0. The molecule has 0 saturated carbocycles. The number of rotatable bonds is 5. The molecule has 0 aliphatic heterocycles. The molecule has 2 aromatic heterocycles. The van der Waals surface area contributed by atoms with Crippen LogP contribution in [0.1, 0.15) is 5.56 Å². The quantitative estimate of drug-likeness (QED) is 0.492. The number of imidazole rings is 1. The standard InChI is InChI=1S/C20H14F3N3O2/c21-20(22,23)28-16-8-4-7-15(11-16)17-12-24-18-9-10-19(25-26(17)18)27-13-14-5-2-1-3-6-14/h1-12H,13H2. The summed E-state index contributed by atoms with van der Waals surface area (Å²) in [6.07, 6.45) is -3.22. The van der Waals surface area contributed by atoms with Gasteiger partial charge in [-0.25, -0.2) is 9.50 Å². The second-order valence-corrected chi connectivity index (χ2v) is 5.93. The van der Waals surface area contributed by atoms with Crippen LogP contribution in [0.3, 0.4) is 0 Å². The summed E-state index contributed by atoms with van der Waals surface area (Å²) in [5, 5.41) is 4.40. The van der Waals surface area contributed by atoms with Crippen LogP contribution in [0.4, 0.5) is 13.2 Å². The van der Waals surface area contributed by atoms with E-state index in [1.807, 2.05) is 30.3 Å². The summed E-state index contributed by atoms with van der Waals surface area (Å²) in [4.78, 5) is 4.24. The number of alkyl halides is 3. The predicted octanol–water partition coefficient (Wildman–Crippen LogP) is 4.87. The monoisotopic (exact) mass is 385 g/mol. The van der Waals surface area contributed by atoms with Gasteiger partial charge in [-0.1, -0.05) is 42.5 Å². The van der Waals surface area contributed by atoms with Gasteiger partial charge >= 0.3 is 6.36 Å². The number of hydrogen-bond acceptors (Lipinski definition) is 4. The minimum Gasteiger partial charge on any atom is -0.472 e. The van der Waals surface area contributed by atoms with Crippen molar-refractivity contribution >= 4 is 5.65 Å². The summed E-state index contributed by atoms with van der Waals surface area (Å²) in [6, 6.07) is 18.7. The number of nitrogens with zero attached hydrogens (tertiary/aromatic N) is 3. The maximum Gasteiger partial charge on any atom is 0.573 e. The maximum absolute atomic E-state index is 12.5.